The minimum Gasteiger partial charge on any atom is -0.327 e. The van der Waals surface area contributed by atoms with E-state index in [0.29, 0.717) is 17.4 Å². The fourth-order valence-corrected chi connectivity index (χ4v) is 2.06. The summed E-state index contributed by atoms with van der Waals surface area (Å²) < 4.78 is 0. The van der Waals surface area contributed by atoms with E-state index in [4.69, 9.17) is 5.73 Å². The molecule has 0 aromatic heterocycles. The molecule has 1 aliphatic carbocycles. The lowest BCUT2D eigenvalue weighted by Crippen LogP contribution is -2.34. The van der Waals surface area contributed by atoms with Gasteiger partial charge in [0.1, 0.15) is 0 Å². The second-order valence-electron chi connectivity index (χ2n) is 5.89. The highest BCUT2D eigenvalue weighted by Gasteiger charge is 2.44. The van der Waals surface area contributed by atoms with Crippen LogP contribution in [0.4, 0.5) is 0 Å². The zero-order chi connectivity index (χ0) is 11.5. The Labute approximate surface area is 95.0 Å². The average molecular weight is 212 g/mol. The second kappa shape index (κ2) is 5.31. The van der Waals surface area contributed by atoms with Crippen molar-refractivity contribution in [3.05, 3.63) is 0 Å². The number of hydrogen-bond donors (Lipinski definition) is 2. The molecule has 0 radical (unpaired) electrons. The quantitative estimate of drug-likeness (QED) is 0.636. The molecule has 0 saturated heterocycles. The third-order valence-corrected chi connectivity index (χ3v) is 4.10. The maximum atomic E-state index is 6.00. The van der Waals surface area contributed by atoms with Gasteiger partial charge in [0.05, 0.1) is 0 Å². The van der Waals surface area contributed by atoms with Crippen molar-refractivity contribution < 1.29 is 0 Å². The molecule has 1 aliphatic rings. The van der Waals surface area contributed by atoms with Crippen LogP contribution in [0.2, 0.25) is 0 Å². The molecule has 1 atom stereocenters. The fraction of sp³-hybridized carbons (Fsp3) is 1.00. The van der Waals surface area contributed by atoms with Gasteiger partial charge in [-0.15, -0.1) is 0 Å². The topological polar surface area (TPSA) is 38.0 Å². The maximum absolute atomic E-state index is 6.00. The fourth-order valence-electron chi connectivity index (χ4n) is 2.06. The first-order valence-corrected chi connectivity index (χ1v) is 6.44. The van der Waals surface area contributed by atoms with Gasteiger partial charge in [0.15, 0.2) is 0 Å². The lowest BCUT2D eigenvalue weighted by Gasteiger charge is -2.21. The molecule has 0 aliphatic heterocycles. The van der Waals surface area contributed by atoms with Crippen molar-refractivity contribution in [2.24, 2.45) is 23.0 Å². The zero-order valence-corrected chi connectivity index (χ0v) is 10.8. The molecule has 90 valence electrons. The normalized spacial score (nSPS) is 21.0. The molecule has 0 aromatic carbocycles. The highest BCUT2D eigenvalue weighted by Crippen LogP contribution is 2.51. The van der Waals surface area contributed by atoms with E-state index in [9.17, 15) is 0 Å². The van der Waals surface area contributed by atoms with Crippen LogP contribution in [0.1, 0.15) is 47.0 Å². The molecule has 15 heavy (non-hydrogen) atoms. The molecule has 1 rings (SSSR count). The second-order valence-corrected chi connectivity index (χ2v) is 5.89. The van der Waals surface area contributed by atoms with Crippen molar-refractivity contribution in [3.63, 3.8) is 0 Å². The Kier molecular flexibility index (Phi) is 4.60. The van der Waals surface area contributed by atoms with E-state index in [1.165, 1.54) is 19.4 Å². The van der Waals surface area contributed by atoms with Gasteiger partial charge in [-0.3, -0.25) is 0 Å². The first-order valence-electron chi connectivity index (χ1n) is 6.44. The van der Waals surface area contributed by atoms with Gasteiger partial charge in [0.2, 0.25) is 0 Å². The Bertz CT molecular complexity index is 183. The van der Waals surface area contributed by atoms with Crippen molar-refractivity contribution in [2.45, 2.75) is 53.0 Å². The molecule has 0 bridgehead atoms. The van der Waals surface area contributed by atoms with E-state index in [-0.39, 0.29) is 0 Å². The molecule has 1 saturated carbocycles. The molecule has 1 fully saturated rings. The van der Waals surface area contributed by atoms with Gasteiger partial charge in [0, 0.05) is 12.6 Å². The molecule has 0 heterocycles. The average Bonchev–Trinajstić information content (AvgIpc) is 2.92. The molecular weight excluding hydrogens is 184 g/mol. The summed E-state index contributed by atoms with van der Waals surface area (Å²) in [6.45, 7) is 11.3. The van der Waals surface area contributed by atoms with Crippen molar-refractivity contribution in [1.82, 2.24) is 5.32 Å². The van der Waals surface area contributed by atoms with Crippen LogP contribution in [-0.4, -0.2) is 19.1 Å². The monoisotopic (exact) mass is 212 g/mol. The molecule has 1 unspecified atom stereocenters. The van der Waals surface area contributed by atoms with Gasteiger partial charge in [0.25, 0.3) is 0 Å². The number of nitrogens with one attached hydrogen (secondary N) is 1. The Morgan fingerprint density at radius 3 is 2.20 bits per heavy atom. The van der Waals surface area contributed by atoms with Gasteiger partial charge in [-0.2, -0.15) is 0 Å². The van der Waals surface area contributed by atoms with E-state index in [2.05, 4.69) is 33.0 Å². The summed E-state index contributed by atoms with van der Waals surface area (Å²) in [6, 6.07) is 0.353. The largest absolute Gasteiger partial charge is 0.327 e. The summed E-state index contributed by atoms with van der Waals surface area (Å²) in [4.78, 5) is 0. The van der Waals surface area contributed by atoms with E-state index in [1.54, 1.807) is 0 Å². The Hall–Kier alpha value is -0.0800. The minimum absolute atomic E-state index is 0.353. The molecule has 2 heteroatoms. The summed E-state index contributed by atoms with van der Waals surface area (Å²) in [5.74, 6) is 1.43. The van der Waals surface area contributed by atoms with Gasteiger partial charge >= 0.3 is 0 Å². The Morgan fingerprint density at radius 2 is 1.80 bits per heavy atom. The highest BCUT2D eigenvalue weighted by molar-refractivity contribution is 4.97. The molecule has 0 spiro atoms. The summed E-state index contributed by atoms with van der Waals surface area (Å²) in [6.07, 6.45) is 3.92. The first kappa shape index (κ1) is 13.0. The van der Waals surface area contributed by atoms with Crippen molar-refractivity contribution in [3.8, 4) is 0 Å². The minimum atomic E-state index is 0.353. The highest BCUT2D eigenvalue weighted by atomic mass is 14.9. The smallest absolute Gasteiger partial charge is 0.00739 e. The summed E-state index contributed by atoms with van der Waals surface area (Å²) >= 11 is 0. The van der Waals surface area contributed by atoms with Crippen LogP contribution in [0.5, 0.6) is 0 Å². The Balaban J connectivity index is 2.07. The lowest BCUT2D eigenvalue weighted by atomic mass is 9.92. The van der Waals surface area contributed by atoms with E-state index >= 15 is 0 Å². The zero-order valence-electron chi connectivity index (χ0n) is 10.8. The summed E-state index contributed by atoms with van der Waals surface area (Å²) in [7, 11) is 0. The van der Waals surface area contributed by atoms with Crippen LogP contribution in [0, 0.1) is 17.3 Å². The van der Waals surface area contributed by atoms with Gasteiger partial charge < -0.3 is 11.1 Å². The molecular formula is C13H28N2. The Morgan fingerprint density at radius 1 is 1.20 bits per heavy atom. The third kappa shape index (κ3) is 3.76. The van der Waals surface area contributed by atoms with Crippen molar-refractivity contribution in [1.29, 1.82) is 0 Å². The summed E-state index contributed by atoms with van der Waals surface area (Å²) in [5.41, 5.74) is 6.63. The molecule has 3 N–H and O–H groups in total. The van der Waals surface area contributed by atoms with E-state index in [1.807, 2.05) is 0 Å². The van der Waals surface area contributed by atoms with Crippen LogP contribution >= 0.6 is 0 Å². The number of nitrogens with two attached hydrogens (primary N) is 1. The van der Waals surface area contributed by atoms with Crippen LogP contribution in [0.15, 0.2) is 0 Å². The maximum Gasteiger partial charge on any atom is 0.00739 e. The van der Waals surface area contributed by atoms with Gasteiger partial charge in [-0.1, -0.05) is 27.7 Å². The van der Waals surface area contributed by atoms with Crippen molar-refractivity contribution in [2.75, 3.05) is 13.1 Å². The van der Waals surface area contributed by atoms with Crippen LogP contribution in [0.25, 0.3) is 0 Å². The molecule has 0 amide bonds. The number of rotatable bonds is 7. The SMILES string of the molecule is CC(C)C(N)CCNCC1(C(C)C)CC1. The van der Waals surface area contributed by atoms with Gasteiger partial charge in [-0.25, -0.2) is 0 Å². The summed E-state index contributed by atoms with van der Waals surface area (Å²) in [5, 5.41) is 3.58. The van der Waals surface area contributed by atoms with E-state index in [0.717, 1.165) is 18.9 Å². The standard InChI is InChI=1S/C13H28N2/c1-10(2)12(14)5-8-15-9-13(6-7-13)11(3)4/h10-12,15H,5-9,14H2,1-4H3. The van der Waals surface area contributed by atoms with Gasteiger partial charge in [-0.05, 0) is 43.1 Å². The lowest BCUT2D eigenvalue weighted by molar-refractivity contribution is 0.332. The van der Waals surface area contributed by atoms with Crippen LogP contribution in [0.3, 0.4) is 0 Å². The third-order valence-electron chi connectivity index (χ3n) is 4.10. The van der Waals surface area contributed by atoms with Crippen LogP contribution in [-0.2, 0) is 0 Å². The molecule has 2 nitrogen and oxygen atoms in total. The number of hydrogen-bond acceptors (Lipinski definition) is 2. The van der Waals surface area contributed by atoms with E-state index < -0.39 is 0 Å². The first-order chi connectivity index (χ1) is 6.98. The predicted molar refractivity (Wildman–Crippen MR) is 66.8 cm³/mol. The predicted octanol–water partition coefficient (Wildman–Crippen LogP) is 2.39. The van der Waals surface area contributed by atoms with Crippen LogP contribution < -0.4 is 11.1 Å². The van der Waals surface area contributed by atoms with Crippen molar-refractivity contribution >= 4 is 0 Å². The molecule has 0 aromatic rings.